The average molecular weight is 243 g/mol. The first kappa shape index (κ1) is 10.2. The molecule has 0 fully saturated rings. The fourth-order valence-electron chi connectivity index (χ4n) is 1.18. The fourth-order valence-corrected chi connectivity index (χ4v) is 2.08. The molecular weight excluding hydrogens is 236 g/mol. The van der Waals surface area contributed by atoms with Gasteiger partial charge in [-0.3, -0.25) is 4.68 Å². The van der Waals surface area contributed by atoms with Crippen LogP contribution in [0.1, 0.15) is 15.9 Å². The molecule has 4 nitrogen and oxygen atoms in total. The molecule has 0 amide bonds. The SMILES string of the molecule is O=C(O)c1cnn(Cc2csc(Cl)c2)c1. The lowest BCUT2D eigenvalue weighted by atomic mass is 10.3. The van der Waals surface area contributed by atoms with Crippen LogP contribution >= 0.6 is 22.9 Å². The summed E-state index contributed by atoms with van der Waals surface area (Å²) < 4.78 is 2.29. The fraction of sp³-hybridized carbons (Fsp3) is 0.111. The molecular formula is C9H7ClN2O2S. The number of carboxylic acids is 1. The molecule has 2 aromatic rings. The zero-order valence-corrected chi connectivity index (χ0v) is 9.13. The first-order valence-electron chi connectivity index (χ1n) is 4.14. The Bertz CT molecular complexity index is 492. The molecule has 6 heteroatoms. The summed E-state index contributed by atoms with van der Waals surface area (Å²) in [6.07, 6.45) is 2.82. The second-order valence-corrected chi connectivity index (χ2v) is 4.53. The molecule has 0 spiro atoms. The highest BCUT2D eigenvalue weighted by Gasteiger charge is 2.06. The minimum atomic E-state index is -0.968. The number of carboxylic acid groups (broad SMARTS) is 1. The first-order chi connectivity index (χ1) is 7.15. The van der Waals surface area contributed by atoms with Gasteiger partial charge in [-0.1, -0.05) is 11.6 Å². The Morgan fingerprint density at radius 1 is 1.67 bits per heavy atom. The number of aromatic carboxylic acids is 1. The summed E-state index contributed by atoms with van der Waals surface area (Å²) in [6, 6.07) is 1.84. The summed E-state index contributed by atoms with van der Waals surface area (Å²) in [6.45, 7) is 0.538. The van der Waals surface area contributed by atoms with Gasteiger partial charge in [-0.2, -0.15) is 5.10 Å². The van der Waals surface area contributed by atoms with Gasteiger partial charge in [-0.25, -0.2) is 4.79 Å². The molecule has 2 heterocycles. The summed E-state index contributed by atoms with van der Waals surface area (Å²) in [7, 11) is 0. The lowest BCUT2D eigenvalue weighted by Crippen LogP contribution is -1.99. The van der Waals surface area contributed by atoms with Crippen molar-refractivity contribution in [1.29, 1.82) is 0 Å². The normalized spacial score (nSPS) is 10.5. The second-order valence-electron chi connectivity index (χ2n) is 2.99. The molecule has 0 saturated heterocycles. The monoisotopic (exact) mass is 242 g/mol. The third-order valence-electron chi connectivity index (χ3n) is 1.85. The average Bonchev–Trinajstić information content (AvgIpc) is 2.76. The topological polar surface area (TPSA) is 55.1 Å². The summed E-state index contributed by atoms with van der Waals surface area (Å²) in [5, 5.41) is 14.6. The van der Waals surface area contributed by atoms with Crippen molar-refractivity contribution in [3.63, 3.8) is 0 Å². The van der Waals surface area contributed by atoms with Crippen LogP contribution in [-0.4, -0.2) is 20.9 Å². The van der Waals surface area contributed by atoms with E-state index in [0.29, 0.717) is 6.54 Å². The molecule has 0 bridgehead atoms. The van der Waals surface area contributed by atoms with Gasteiger partial charge in [-0.15, -0.1) is 11.3 Å². The van der Waals surface area contributed by atoms with Crippen molar-refractivity contribution in [1.82, 2.24) is 9.78 Å². The van der Waals surface area contributed by atoms with E-state index in [9.17, 15) is 4.79 Å². The Hall–Kier alpha value is -1.33. The Labute approximate surface area is 94.7 Å². The van der Waals surface area contributed by atoms with Crippen molar-refractivity contribution in [3.05, 3.63) is 39.3 Å². The zero-order valence-electron chi connectivity index (χ0n) is 7.55. The highest BCUT2D eigenvalue weighted by Crippen LogP contribution is 2.20. The molecule has 0 aromatic carbocycles. The molecule has 0 aliphatic rings. The van der Waals surface area contributed by atoms with Crippen molar-refractivity contribution in [3.8, 4) is 0 Å². The third kappa shape index (κ3) is 2.37. The van der Waals surface area contributed by atoms with E-state index in [-0.39, 0.29) is 5.56 Å². The van der Waals surface area contributed by atoms with E-state index in [0.717, 1.165) is 9.90 Å². The van der Waals surface area contributed by atoms with Crippen molar-refractivity contribution in [2.45, 2.75) is 6.54 Å². The molecule has 15 heavy (non-hydrogen) atoms. The molecule has 1 N–H and O–H groups in total. The Morgan fingerprint density at radius 3 is 3.00 bits per heavy atom. The molecule has 0 radical (unpaired) electrons. The minimum Gasteiger partial charge on any atom is -0.478 e. The van der Waals surface area contributed by atoms with E-state index in [4.69, 9.17) is 16.7 Å². The van der Waals surface area contributed by atoms with Gasteiger partial charge < -0.3 is 5.11 Å². The first-order valence-corrected chi connectivity index (χ1v) is 5.39. The largest absolute Gasteiger partial charge is 0.478 e. The maximum atomic E-state index is 10.6. The molecule has 2 rings (SSSR count). The summed E-state index contributed by atoms with van der Waals surface area (Å²) >= 11 is 7.22. The molecule has 0 aliphatic carbocycles. The Morgan fingerprint density at radius 2 is 2.47 bits per heavy atom. The van der Waals surface area contributed by atoms with E-state index in [1.165, 1.54) is 23.7 Å². The maximum absolute atomic E-state index is 10.6. The number of rotatable bonds is 3. The van der Waals surface area contributed by atoms with Crippen LogP contribution in [0.25, 0.3) is 0 Å². The number of thiophene rings is 1. The third-order valence-corrected chi connectivity index (χ3v) is 2.99. The van der Waals surface area contributed by atoms with Crippen LogP contribution in [-0.2, 0) is 6.54 Å². The van der Waals surface area contributed by atoms with Gasteiger partial charge in [0.1, 0.15) is 0 Å². The van der Waals surface area contributed by atoms with Crippen LogP contribution in [0.15, 0.2) is 23.8 Å². The Kier molecular flexibility index (Phi) is 2.75. The molecule has 2 aromatic heterocycles. The molecule has 78 valence electrons. The van der Waals surface area contributed by atoms with Gasteiger partial charge >= 0.3 is 5.97 Å². The van der Waals surface area contributed by atoms with Crippen LogP contribution in [0.4, 0.5) is 0 Å². The summed E-state index contributed by atoms with van der Waals surface area (Å²) in [5.74, 6) is -0.968. The number of hydrogen-bond donors (Lipinski definition) is 1. The predicted octanol–water partition coefficient (Wildman–Crippen LogP) is 2.34. The minimum absolute atomic E-state index is 0.191. The number of halogens is 1. The van der Waals surface area contributed by atoms with Gasteiger partial charge in [0.05, 0.1) is 22.6 Å². The quantitative estimate of drug-likeness (QED) is 0.899. The van der Waals surface area contributed by atoms with Crippen molar-refractivity contribution in [2.24, 2.45) is 0 Å². The van der Waals surface area contributed by atoms with Crippen molar-refractivity contribution in [2.75, 3.05) is 0 Å². The molecule has 0 aliphatic heterocycles. The van der Waals surface area contributed by atoms with Crippen LogP contribution in [0.3, 0.4) is 0 Å². The molecule has 0 unspecified atom stereocenters. The van der Waals surface area contributed by atoms with E-state index >= 15 is 0 Å². The highest BCUT2D eigenvalue weighted by atomic mass is 35.5. The van der Waals surface area contributed by atoms with Crippen LogP contribution in [0.2, 0.25) is 4.34 Å². The van der Waals surface area contributed by atoms with Gasteiger partial charge in [0, 0.05) is 6.20 Å². The summed E-state index contributed by atoms with van der Waals surface area (Å²) in [5.41, 5.74) is 1.21. The molecule has 0 atom stereocenters. The van der Waals surface area contributed by atoms with Crippen LogP contribution < -0.4 is 0 Å². The maximum Gasteiger partial charge on any atom is 0.338 e. The lowest BCUT2D eigenvalue weighted by Gasteiger charge is -1.96. The van der Waals surface area contributed by atoms with E-state index in [1.54, 1.807) is 4.68 Å². The number of aromatic nitrogens is 2. The van der Waals surface area contributed by atoms with Crippen molar-refractivity contribution >= 4 is 28.9 Å². The second kappa shape index (κ2) is 4.04. The van der Waals surface area contributed by atoms with Gasteiger partial charge in [0.2, 0.25) is 0 Å². The summed E-state index contributed by atoms with van der Waals surface area (Å²) in [4.78, 5) is 10.6. The van der Waals surface area contributed by atoms with Crippen LogP contribution in [0.5, 0.6) is 0 Å². The predicted molar refractivity (Wildman–Crippen MR) is 57.6 cm³/mol. The van der Waals surface area contributed by atoms with E-state index in [1.807, 2.05) is 11.4 Å². The lowest BCUT2D eigenvalue weighted by molar-refractivity contribution is 0.0697. The number of nitrogens with zero attached hydrogens (tertiary/aromatic N) is 2. The standard InChI is InChI=1S/C9H7ClN2O2S/c10-8-1-6(5-15-8)3-12-4-7(2-11-12)9(13)14/h1-2,4-5H,3H2,(H,13,14). The molecule has 0 saturated carbocycles. The van der Waals surface area contributed by atoms with Gasteiger partial charge in [0.15, 0.2) is 0 Å². The number of carbonyl (C=O) groups is 1. The van der Waals surface area contributed by atoms with Crippen molar-refractivity contribution < 1.29 is 9.90 Å². The van der Waals surface area contributed by atoms with Gasteiger partial charge in [-0.05, 0) is 17.0 Å². The van der Waals surface area contributed by atoms with E-state index in [2.05, 4.69) is 5.10 Å². The highest BCUT2D eigenvalue weighted by molar-refractivity contribution is 7.14. The zero-order chi connectivity index (χ0) is 10.8. The smallest absolute Gasteiger partial charge is 0.338 e. The number of hydrogen-bond acceptors (Lipinski definition) is 3. The van der Waals surface area contributed by atoms with Gasteiger partial charge in [0.25, 0.3) is 0 Å². The van der Waals surface area contributed by atoms with E-state index < -0.39 is 5.97 Å². The Balaban J connectivity index is 2.14. The van der Waals surface area contributed by atoms with Crippen LogP contribution in [0, 0.1) is 0 Å².